The number of furan rings is 1. The third-order valence-electron chi connectivity index (χ3n) is 5.90. The Bertz CT molecular complexity index is 1510. The minimum absolute atomic E-state index is 0.0777. The number of urea groups is 1. The number of nitrogens with one attached hydrogen (secondary N) is 2. The number of phenols is 1. The monoisotopic (exact) mass is 486 g/mol. The van der Waals surface area contributed by atoms with Gasteiger partial charge in [0.1, 0.15) is 22.8 Å². The second-order valence-electron chi connectivity index (χ2n) is 8.36. The number of nitrogens with zero attached hydrogens (tertiary/aromatic N) is 2. The van der Waals surface area contributed by atoms with Crippen molar-refractivity contribution in [2.45, 2.75) is 12.6 Å². The molecule has 10 nitrogen and oxygen atoms in total. The van der Waals surface area contributed by atoms with E-state index >= 15 is 0 Å². The quantitative estimate of drug-likeness (QED) is 0.378. The van der Waals surface area contributed by atoms with Crippen LogP contribution in [0.25, 0.3) is 22.4 Å². The number of aromatic nitrogens is 1. The molecule has 0 saturated carbocycles. The summed E-state index contributed by atoms with van der Waals surface area (Å²) in [5.74, 6) is 0.838. The van der Waals surface area contributed by atoms with Gasteiger partial charge in [-0.2, -0.15) is 0 Å². The summed E-state index contributed by atoms with van der Waals surface area (Å²) in [4.78, 5) is 40.6. The summed E-state index contributed by atoms with van der Waals surface area (Å²) in [5.41, 5.74) is 4.35. The van der Waals surface area contributed by atoms with Crippen LogP contribution in [-0.4, -0.2) is 47.0 Å². The average molecular weight is 486 g/mol. The molecule has 1 unspecified atom stereocenters. The number of amides is 4. The molecule has 2 aromatic heterocycles. The zero-order chi connectivity index (χ0) is 25.4. The van der Waals surface area contributed by atoms with Gasteiger partial charge in [-0.15, -0.1) is 0 Å². The van der Waals surface area contributed by atoms with Crippen LogP contribution in [0.15, 0.2) is 65.1 Å². The van der Waals surface area contributed by atoms with Gasteiger partial charge in [-0.1, -0.05) is 18.2 Å². The van der Waals surface area contributed by atoms with Crippen LogP contribution in [-0.2, 0) is 11.3 Å². The predicted octanol–water partition coefficient (Wildman–Crippen LogP) is 3.36. The highest BCUT2D eigenvalue weighted by molar-refractivity contribution is 6.04. The fourth-order valence-electron chi connectivity index (χ4n) is 4.08. The first kappa shape index (κ1) is 22.9. The number of fused-ring (bicyclic) bond motifs is 2. The van der Waals surface area contributed by atoms with Gasteiger partial charge in [0.15, 0.2) is 11.6 Å². The smallest absolute Gasteiger partial charge is 0.322 e. The van der Waals surface area contributed by atoms with Crippen molar-refractivity contribution in [2.75, 3.05) is 14.2 Å². The Kier molecular flexibility index (Phi) is 5.77. The molecule has 0 bridgehead atoms. The number of hydrogen-bond donors (Lipinski definition) is 3. The minimum Gasteiger partial charge on any atom is -0.508 e. The lowest BCUT2D eigenvalue weighted by Crippen LogP contribution is -2.22. The molecule has 1 atom stereocenters. The van der Waals surface area contributed by atoms with E-state index in [2.05, 4.69) is 15.6 Å². The first-order valence-electron chi connectivity index (χ1n) is 11.1. The van der Waals surface area contributed by atoms with Gasteiger partial charge < -0.3 is 24.5 Å². The van der Waals surface area contributed by atoms with Gasteiger partial charge in [-0.05, 0) is 42.0 Å². The van der Waals surface area contributed by atoms with Gasteiger partial charge in [0.25, 0.3) is 11.8 Å². The molecule has 2 aliphatic heterocycles. The fraction of sp³-hybridized carbons (Fsp3) is 0.154. The molecular weight excluding hydrogens is 464 g/mol. The first-order valence-corrected chi connectivity index (χ1v) is 11.1. The molecule has 3 N–H and O–H groups in total. The molecule has 4 heterocycles. The van der Waals surface area contributed by atoms with Crippen LogP contribution in [0.4, 0.5) is 4.79 Å². The maximum absolute atomic E-state index is 11.7. The number of imide groups is 1. The molecule has 2 aliphatic rings. The maximum Gasteiger partial charge on any atom is 0.322 e. The topological polar surface area (TPSA) is 134 Å². The number of methoxy groups -OCH3 is 1. The molecule has 1 fully saturated rings. The van der Waals surface area contributed by atoms with Gasteiger partial charge in [0, 0.05) is 30.8 Å². The number of rotatable bonds is 3. The van der Waals surface area contributed by atoms with E-state index in [-0.39, 0.29) is 11.7 Å². The van der Waals surface area contributed by atoms with E-state index in [0.717, 1.165) is 22.4 Å². The largest absolute Gasteiger partial charge is 0.508 e. The standard InChI is InChI=1S/C16H11N3O4.C10H11NO2/c20-9-3-1-2-8(6-9)10-4-5-12-11(17-10)7-13(23-12)14-15(21)19-16(22)18-14;1-11-6-7-3-4-8(13-2)5-9(7)10(11)12/h1-7,14,20H,(H2,18,19,21,22);3-5H,6H2,1-2H3. The van der Waals surface area contributed by atoms with Crippen molar-refractivity contribution in [2.24, 2.45) is 0 Å². The fourth-order valence-corrected chi connectivity index (χ4v) is 4.08. The highest BCUT2D eigenvalue weighted by Crippen LogP contribution is 2.28. The summed E-state index contributed by atoms with van der Waals surface area (Å²) in [6.07, 6.45) is 0. The summed E-state index contributed by atoms with van der Waals surface area (Å²) in [7, 11) is 3.40. The Labute approximate surface area is 205 Å². The highest BCUT2D eigenvalue weighted by atomic mass is 16.5. The molecule has 182 valence electrons. The lowest BCUT2D eigenvalue weighted by atomic mass is 10.1. The molecule has 2 aromatic carbocycles. The van der Waals surface area contributed by atoms with Gasteiger partial charge in [0.05, 0.1) is 12.8 Å². The lowest BCUT2D eigenvalue weighted by molar-refractivity contribution is -0.120. The van der Waals surface area contributed by atoms with Gasteiger partial charge in [-0.25, -0.2) is 9.78 Å². The van der Waals surface area contributed by atoms with E-state index in [0.29, 0.717) is 29.1 Å². The van der Waals surface area contributed by atoms with Crippen molar-refractivity contribution in [3.05, 3.63) is 77.6 Å². The van der Waals surface area contributed by atoms with Crippen LogP contribution in [0.2, 0.25) is 0 Å². The second kappa shape index (κ2) is 9.06. The van der Waals surface area contributed by atoms with Crippen molar-refractivity contribution in [3.63, 3.8) is 0 Å². The number of carbonyl (C=O) groups is 3. The number of pyridine rings is 1. The predicted molar refractivity (Wildman–Crippen MR) is 129 cm³/mol. The van der Waals surface area contributed by atoms with E-state index < -0.39 is 18.0 Å². The zero-order valence-electron chi connectivity index (χ0n) is 19.4. The molecule has 4 aromatic rings. The molecule has 4 amide bonds. The van der Waals surface area contributed by atoms with Gasteiger partial charge in [-0.3, -0.25) is 14.9 Å². The molecule has 10 heteroatoms. The minimum atomic E-state index is -0.846. The Morgan fingerprint density at radius 1 is 1.08 bits per heavy atom. The number of ether oxygens (including phenoxy) is 1. The first-order chi connectivity index (χ1) is 17.3. The Morgan fingerprint density at radius 3 is 2.64 bits per heavy atom. The zero-order valence-corrected chi connectivity index (χ0v) is 19.4. The SMILES string of the molecule is COc1ccc2c(c1)C(=O)N(C)C2.O=C1NC(=O)C(c2cc3nc(-c4cccc(O)c4)ccc3o2)N1. The summed E-state index contributed by atoms with van der Waals surface area (Å²) < 4.78 is 10.7. The average Bonchev–Trinajstić information content (AvgIpc) is 3.53. The van der Waals surface area contributed by atoms with Crippen LogP contribution >= 0.6 is 0 Å². The summed E-state index contributed by atoms with van der Waals surface area (Å²) in [6, 6.07) is 16.1. The van der Waals surface area contributed by atoms with Crippen molar-refractivity contribution in [3.8, 4) is 22.8 Å². The molecule has 0 radical (unpaired) electrons. The Morgan fingerprint density at radius 2 is 1.92 bits per heavy atom. The van der Waals surface area contributed by atoms with Crippen LogP contribution < -0.4 is 15.4 Å². The van der Waals surface area contributed by atoms with Crippen molar-refractivity contribution < 1.29 is 28.6 Å². The van der Waals surface area contributed by atoms with E-state index in [9.17, 15) is 19.5 Å². The van der Waals surface area contributed by atoms with E-state index in [1.165, 1.54) is 0 Å². The highest BCUT2D eigenvalue weighted by Gasteiger charge is 2.33. The third kappa shape index (κ3) is 4.31. The molecule has 0 aliphatic carbocycles. The van der Waals surface area contributed by atoms with Crippen LogP contribution in [0, 0.1) is 0 Å². The number of aromatic hydroxyl groups is 1. The van der Waals surface area contributed by atoms with E-state index in [1.54, 1.807) is 61.5 Å². The molecule has 36 heavy (non-hydrogen) atoms. The van der Waals surface area contributed by atoms with Crippen LogP contribution in [0.1, 0.15) is 27.7 Å². The maximum atomic E-state index is 11.7. The Hall–Kier alpha value is -4.86. The van der Waals surface area contributed by atoms with Crippen molar-refractivity contribution in [1.29, 1.82) is 0 Å². The summed E-state index contributed by atoms with van der Waals surface area (Å²) in [5, 5.41) is 14.2. The van der Waals surface area contributed by atoms with E-state index in [1.807, 2.05) is 18.2 Å². The third-order valence-corrected chi connectivity index (χ3v) is 5.90. The van der Waals surface area contributed by atoms with Crippen molar-refractivity contribution >= 4 is 28.9 Å². The van der Waals surface area contributed by atoms with Gasteiger partial charge in [0.2, 0.25) is 0 Å². The summed E-state index contributed by atoms with van der Waals surface area (Å²) >= 11 is 0. The van der Waals surface area contributed by atoms with Crippen molar-refractivity contribution in [1.82, 2.24) is 20.5 Å². The normalized spacial score (nSPS) is 16.3. The molecule has 6 rings (SSSR count). The number of phenolic OH excluding ortho intramolecular Hbond substituents is 1. The lowest BCUT2D eigenvalue weighted by Gasteiger charge is -2.04. The molecule has 1 saturated heterocycles. The Balaban J connectivity index is 0.000000174. The summed E-state index contributed by atoms with van der Waals surface area (Å²) in [6.45, 7) is 0.707. The van der Waals surface area contributed by atoms with E-state index in [4.69, 9.17) is 9.15 Å². The van der Waals surface area contributed by atoms with Crippen LogP contribution in [0.5, 0.6) is 11.5 Å². The number of hydrogen-bond acceptors (Lipinski definition) is 7. The second-order valence-corrected chi connectivity index (χ2v) is 8.36. The van der Waals surface area contributed by atoms with Gasteiger partial charge >= 0.3 is 6.03 Å². The number of carbonyl (C=O) groups excluding carboxylic acids is 3. The molecule has 0 spiro atoms. The van der Waals surface area contributed by atoms with Crippen LogP contribution in [0.3, 0.4) is 0 Å². The molecular formula is C26H22N4O6. The number of benzene rings is 2.